The van der Waals surface area contributed by atoms with E-state index in [0.717, 1.165) is 10.7 Å². The first kappa shape index (κ1) is 24.6. The Balaban J connectivity index is 1.49. The highest BCUT2D eigenvalue weighted by molar-refractivity contribution is 7.89. The molecule has 36 heavy (non-hydrogen) atoms. The summed E-state index contributed by atoms with van der Waals surface area (Å²) < 4.78 is 45.6. The molecule has 4 heterocycles. The normalized spacial score (nSPS) is 15.8. The molecule has 0 saturated heterocycles. The average molecular weight is 551 g/mol. The van der Waals surface area contributed by atoms with Crippen LogP contribution >= 0.6 is 22.9 Å². The van der Waals surface area contributed by atoms with Gasteiger partial charge >= 0.3 is 0 Å². The molecular weight excluding hydrogens is 531 g/mol. The number of pyridine rings is 1. The smallest absolute Gasteiger partial charge is 0.261 e. The maximum Gasteiger partial charge on any atom is 0.261 e. The lowest BCUT2D eigenvalue weighted by Crippen LogP contribution is -2.43. The molecule has 14 heteroatoms. The Morgan fingerprint density at radius 1 is 1.28 bits per heavy atom. The highest BCUT2D eigenvalue weighted by Gasteiger charge is 2.38. The van der Waals surface area contributed by atoms with E-state index < -0.39 is 27.9 Å². The molecule has 1 aromatic carbocycles. The second-order valence-electron chi connectivity index (χ2n) is 8.27. The van der Waals surface area contributed by atoms with Crippen LogP contribution in [0.15, 0.2) is 35.2 Å². The molecule has 3 aromatic heterocycles. The first-order valence-corrected chi connectivity index (χ1v) is 13.5. The van der Waals surface area contributed by atoms with E-state index in [9.17, 15) is 13.2 Å². The number of fused-ring (bicyclic) bond motifs is 3. The fourth-order valence-corrected chi connectivity index (χ4v) is 5.76. The summed E-state index contributed by atoms with van der Waals surface area (Å²) in [4.78, 5) is 23.9. The van der Waals surface area contributed by atoms with Crippen molar-refractivity contribution in [1.82, 2.24) is 24.5 Å². The van der Waals surface area contributed by atoms with Gasteiger partial charge in [0.2, 0.25) is 20.9 Å². The van der Waals surface area contributed by atoms with E-state index in [2.05, 4.69) is 15.1 Å². The standard InChI is InChI=1S/C22H20ClFN6O4S2/c1-11-9-13(36(25,32)33)3-5-16(11)34-10-18(31)29-8-7-15-20(30-22(26-15)35-12(2)28-30)19(29)14-4-6-17(23)27-21(14)24/h3-6,9,19H,7-8,10H2,1-2H3,(H2,25,32,33). The molecule has 4 aromatic rings. The van der Waals surface area contributed by atoms with Gasteiger partial charge < -0.3 is 9.64 Å². The number of halogens is 2. The number of benzene rings is 1. The zero-order valence-corrected chi connectivity index (χ0v) is 21.5. The van der Waals surface area contributed by atoms with Gasteiger partial charge in [-0.25, -0.2) is 28.0 Å². The number of ether oxygens (including phenoxy) is 1. The van der Waals surface area contributed by atoms with Crippen molar-refractivity contribution in [2.24, 2.45) is 5.14 Å². The Morgan fingerprint density at radius 2 is 2.06 bits per heavy atom. The summed E-state index contributed by atoms with van der Waals surface area (Å²) in [5, 5.41) is 10.5. The average Bonchev–Trinajstić information content (AvgIpc) is 3.32. The molecule has 10 nitrogen and oxygen atoms in total. The molecule has 1 atom stereocenters. The summed E-state index contributed by atoms with van der Waals surface area (Å²) in [6.07, 6.45) is 0.456. The van der Waals surface area contributed by atoms with Crippen LogP contribution in [0.25, 0.3) is 4.96 Å². The molecule has 1 amide bonds. The maximum absolute atomic E-state index is 15.0. The van der Waals surface area contributed by atoms with Crippen molar-refractivity contribution in [3.63, 3.8) is 0 Å². The number of hydrogen-bond acceptors (Lipinski definition) is 8. The first-order valence-electron chi connectivity index (χ1n) is 10.8. The number of nitrogens with two attached hydrogens (primary N) is 1. The van der Waals surface area contributed by atoms with Gasteiger partial charge in [-0.15, -0.1) is 0 Å². The second kappa shape index (κ2) is 9.07. The number of aromatic nitrogens is 4. The molecular formula is C22H20ClFN6O4S2. The Morgan fingerprint density at radius 3 is 2.75 bits per heavy atom. The Kier molecular flexibility index (Phi) is 6.19. The molecule has 5 rings (SSSR count). The van der Waals surface area contributed by atoms with Crippen LogP contribution in [0, 0.1) is 19.8 Å². The van der Waals surface area contributed by atoms with Crippen LogP contribution in [-0.4, -0.2) is 52.0 Å². The summed E-state index contributed by atoms with van der Waals surface area (Å²) >= 11 is 7.28. The Labute approximate surface area is 214 Å². The van der Waals surface area contributed by atoms with E-state index in [1.54, 1.807) is 11.4 Å². The van der Waals surface area contributed by atoms with Crippen molar-refractivity contribution in [3.8, 4) is 5.75 Å². The van der Waals surface area contributed by atoms with Gasteiger partial charge in [0.1, 0.15) is 22.0 Å². The molecule has 1 aliphatic rings. The minimum absolute atomic E-state index is 0.00478. The van der Waals surface area contributed by atoms with Crippen molar-refractivity contribution >= 4 is 43.8 Å². The minimum Gasteiger partial charge on any atom is -0.483 e. The molecule has 188 valence electrons. The number of rotatable bonds is 5. The molecule has 0 radical (unpaired) electrons. The summed E-state index contributed by atoms with van der Waals surface area (Å²) in [6, 6.07) is 6.23. The zero-order chi connectivity index (χ0) is 25.8. The van der Waals surface area contributed by atoms with Crippen LogP contribution in [0.3, 0.4) is 0 Å². The third kappa shape index (κ3) is 4.43. The van der Waals surface area contributed by atoms with Crippen LogP contribution in [0.4, 0.5) is 4.39 Å². The maximum atomic E-state index is 15.0. The van der Waals surface area contributed by atoms with Gasteiger partial charge in [0.05, 0.1) is 16.3 Å². The van der Waals surface area contributed by atoms with Gasteiger partial charge in [-0.3, -0.25) is 4.79 Å². The van der Waals surface area contributed by atoms with Crippen LogP contribution in [0.5, 0.6) is 5.75 Å². The topological polar surface area (TPSA) is 133 Å². The fourth-order valence-electron chi connectivity index (χ4n) is 4.26. The first-order chi connectivity index (χ1) is 17.0. The van der Waals surface area contributed by atoms with Crippen LogP contribution in [0.1, 0.15) is 33.6 Å². The number of imidazole rings is 1. The summed E-state index contributed by atoms with van der Waals surface area (Å²) in [6.45, 7) is 3.40. The second-order valence-corrected chi connectivity index (χ2v) is 11.4. The van der Waals surface area contributed by atoms with E-state index in [-0.39, 0.29) is 28.8 Å². The molecule has 0 saturated carbocycles. The number of hydrogen-bond donors (Lipinski definition) is 1. The number of aryl methyl sites for hydroxylation is 2. The number of carbonyl (C=O) groups excluding carboxylic acids is 1. The fraction of sp³-hybridized carbons (Fsp3) is 0.273. The van der Waals surface area contributed by atoms with E-state index in [1.165, 1.54) is 46.6 Å². The van der Waals surface area contributed by atoms with E-state index >= 15 is 4.39 Å². The van der Waals surface area contributed by atoms with Gasteiger partial charge in [-0.05, 0) is 49.7 Å². The number of sulfonamides is 1. The SMILES string of the molecule is Cc1nn2c3c(nc2s1)CCN(C(=O)COc1ccc(S(N)(=O)=O)cc1C)C3c1ccc(Cl)nc1F. The summed E-state index contributed by atoms with van der Waals surface area (Å²) in [5.74, 6) is -0.876. The quantitative estimate of drug-likeness (QED) is 0.378. The van der Waals surface area contributed by atoms with Crippen molar-refractivity contribution < 1.29 is 22.3 Å². The van der Waals surface area contributed by atoms with Gasteiger partial charge in [0.15, 0.2) is 6.61 Å². The predicted molar refractivity (Wildman–Crippen MR) is 130 cm³/mol. The highest BCUT2D eigenvalue weighted by Crippen LogP contribution is 2.37. The van der Waals surface area contributed by atoms with E-state index in [4.69, 9.17) is 21.5 Å². The number of carbonyl (C=O) groups is 1. The number of amides is 1. The molecule has 0 fully saturated rings. The van der Waals surface area contributed by atoms with Gasteiger partial charge in [0, 0.05) is 18.5 Å². The third-order valence-corrected chi connectivity index (χ3v) is 7.81. The van der Waals surface area contributed by atoms with Crippen molar-refractivity contribution in [3.05, 3.63) is 69.0 Å². The largest absolute Gasteiger partial charge is 0.483 e. The minimum atomic E-state index is -3.87. The van der Waals surface area contributed by atoms with E-state index in [1.807, 2.05) is 6.92 Å². The summed E-state index contributed by atoms with van der Waals surface area (Å²) in [5.41, 5.74) is 1.98. The number of primary sulfonamides is 1. The molecule has 0 spiro atoms. The lowest BCUT2D eigenvalue weighted by molar-refractivity contribution is -0.135. The Hall–Kier alpha value is -3.13. The lowest BCUT2D eigenvalue weighted by Gasteiger charge is -2.35. The zero-order valence-electron chi connectivity index (χ0n) is 19.1. The van der Waals surface area contributed by atoms with Crippen LogP contribution in [0.2, 0.25) is 5.15 Å². The predicted octanol–water partition coefficient (Wildman–Crippen LogP) is 2.80. The van der Waals surface area contributed by atoms with Gasteiger partial charge in [0.25, 0.3) is 5.91 Å². The van der Waals surface area contributed by atoms with Crippen molar-refractivity contribution in [2.45, 2.75) is 31.2 Å². The van der Waals surface area contributed by atoms with Crippen LogP contribution in [-0.2, 0) is 21.2 Å². The molecule has 1 unspecified atom stereocenters. The summed E-state index contributed by atoms with van der Waals surface area (Å²) in [7, 11) is -3.87. The van der Waals surface area contributed by atoms with Crippen molar-refractivity contribution in [1.29, 1.82) is 0 Å². The van der Waals surface area contributed by atoms with Gasteiger partial charge in [-0.1, -0.05) is 22.9 Å². The molecule has 2 N–H and O–H groups in total. The molecule has 0 bridgehead atoms. The number of nitrogens with zero attached hydrogens (tertiary/aromatic N) is 5. The third-order valence-electron chi connectivity index (χ3n) is 5.86. The van der Waals surface area contributed by atoms with Crippen LogP contribution < -0.4 is 9.88 Å². The lowest BCUT2D eigenvalue weighted by atomic mass is 9.96. The molecule has 0 aliphatic carbocycles. The highest BCUT2D eigenvalue weighted by atomic mass is 35.5. The van der Waals surface area contributed by atoms with E-state index in [0.29, 0.717) is 28.4 Å². The van der Waals surface area contributed by atoms with Crippen molar-refractivity contribution in [2.75, 3.05) is 13.2 Å². The molecule has 1 aliphatic heterocycles. The Bertz CT molecular complexity index is 1620. The van der Waals surface area contributed by atoms with Gasteiger partial charge in [-0.2, -0.15) is 9.49 Å². The monoisotopic (exact) mass is 550 g/mol.